The molecular weight excluding hydrogens is 575 g/mol. The Morgan fingerprint density at radius 1 is 1.07 bits per heavy atom. The number of rotatable bonds is 8. The minimum atomic E-state index is -4.55. The van der Waals surface area contributed by atoms with E-state index in [1.807, 2.05) is 6.07 Å². The van der Waals surface area contributed by atoms with E-state index in [0.717, 1.165) is 23.9 Å². The number of thioether (sulfide) groups is 1. The van der Waals surface area contributed by atoms with Gasteiger partial charge in [-0.1, -0.05) is 71.9 Å². The molecule has 1 unspecified atom stereocenters. The molecule has 0 fully saturated rings. The Balaban J connectivity index is 1.71. The van der Waals surface area contributed by atoms with E-state index in [4.69, 9.17) is 16.3 Å². The minimum absolute atomic E-state index is 0.00924. The summed E-state index contributed by atoms with van der Waals surface area (Å²) in [5.74, 6) is -2.27. The SMILES string of the molecule is CCOC(=O)C1=C(c2ccccc2)NC(SCC(=O)Nc2cccc(C(F)(F)F)c2)=C(C#N)C1c1ccc(Cl)cc1. The molecule has 1 heterocycles. The van der Waals surface area contributed by atoms with Crippen LogP contribution in [0.2, 0.25) is 5.02 Å². The molecule has 0 spiro atoms. The lowest BCUT2D eigenvalue weighted by Crippen LogP contribution is -2.29. The van der Waals surface area contributed by atoms with Crippen molar-refractivity contribution in [1.82, 2.24) is 5.32 Å². The maximum absolute atomic E-state index is 13.3. The number of benzene rings is 3. The number of nitrogens with one attached hydrogen (secondary N) is 2. The van der Waals surface area contributed by atoms with Crippen molar-refractivity contribution in [2.75, 3.05) is 17.7 Å². The molecule has 0 saturated heterocycles. The Labute approximate surface area is 243 Å². The zero-order valence-electron chi connectivity index (χ0n) is 21.6. The molecule has 0 aromatic heterocycles. The first-order valence-corrected chi connectivity index (χ1v) is 13.7. The van der Waals surface area contributed by atoms with Gasteiger partial charge in [0.25, 0.3) is 0 Å². The summed E-state index contributed by atoms with van der Waals surface area (Å²) in [6, 6.07) is 22.2. The highest BCUT2D eigenvalue weighted by atomic mass is 35.5. The Morgan fingerprint density at radius 3 is 2.41 bits per heavy atom. The van der Waals surface area contributed by atoms with Crippen molar-refractivity contribution in [2.24, 2.45) is 0 Å². The summed E-state index contributed by atoms with van der Waals surface area (Å²) in [5, 5.41) is 16.7. The molecule has 0 radical (unpaired) electrons. The van der Waals surface area contributed by atoms with Crippen molar-refractivity contribution >= 4 is 46.6 Å². The third kappa shape index (κ3) is 7.12. The second-order valence-electron chi connectivity index (χ2n) is 8.75. The minimum Gasteiger partial charge on any atom is -0.463 e. The lowest BCUT2D eigenvalue weighted by atomic mass is 9.81. The Morgan fingerprint density at radius 2 is 1.78 bits per heavy atom. The molecule has 41 heavy (non-hydrogen) atoms. The highest BCUT2D eigenvalue weighted by molar-refractivity contribution is 8.03. The van der Waals surface area contributed by atoms with Crippen molar-refractivity contribution in [1.29, 1.82) is 5.26 Å². The number of dihydropyridines is 1. The van der Waals surface area contributed by atoms with Crippen LogP contribution in [0.15, 0.2) is 95.0 Å². The van der Waals surface area contributed by atoms with E-state index in [1.165, 1.54) is 12.1 Å². The molecule has 1 aliphatic heterocycles. The monoisotopic (exact) mass is 597 g/mol. The zero-order valence-corrected chi connectivity index (χ0v) is 23.2. The first-order valence-electron chi connectivity index (χ1n) is 12.4. The van der Waals surface area contributed by atoms with Gasteiger partial charge < -0.3 is 15.4 Å². The average Bonchev–Trinajstić information content (AvgIpc) is 2.96. The Bertz CT molecular complexity index is 1550. The van der Waals surface area contributed by atoms with Crippen molar-refractivity contribution in [3.63, 3.8) is 0 Å². The van der Waals surface area contributed by atoms with E-state index in [0.29, 0.717) is 26.9 Å². The number of anilines is 1. The summed E-state index contributed by atoms with van der Waals surface area (Å²) in [4.78, 5) is 26.1. The number of allylic oxidation sites excluding steroid dienone is 1. The number of esters is 1. The van der Waals surface area contributed by atoms with E-state index in [2.05, 4.69) is 16.7 Å². The molecule has 210 valence electrons. The molecule has 3 aromatic rings. The zero-order chi connectivity index (χ0) is 29.6. The molecule has 1 amide bonds. The largest absolute Gasteiger partial charge is 0.463 e. The van der Waals surface area contributed by atoms with Crippen LogP contribution in [0.25, 0.3) is 5.70 Å². The molecule has 4 rings (SSSR count). The molecule has 0 saturated carbocycles. The van der Waals surface area contributed by atoms with Gasteiger partial charge in [0.2, 0.25) is 5.91 Å². The van der Waals surface area contributed by atoms with Gasteiger partial charge >= 0.3 is 12.1 Å². The summed E-state index contributed by atoms with van der Waals surface area (Å²) < 4.78 is 44.6. The summed E-state index contributed by atoms with van der Waals surface area (Å²) >= 11 is 7.10. The number of alkyl halides is 3. The Hall–Kier alpha value is -4.20. The van der Waals surface area contributed by atoms with Crippen LogP contribution in [-0.4, -0.2) is 24.2 Å². The van der Waals surface area contributed by atoms with E-state index in [1.54, 1.807) is 55.5 Å². The van der Waals surface area contributed by atoms with Crippen molar-refractivity contribution in [3.05, 3.63) is 117 Å². The lowest BCUT2D eigenvalue weighted by Gasteiger charge is -2.30. The molecule has 11 heteroatoms. The summed E-state index contributed by atoms with van der Waals surface area (Å²) in [6.07, 6.45) is -4.55. The smallest absolute Gasteiger partial charge is 0.416 e. The van der Waals surface area contributed by atoms with Crippen LogP contribution in [0, 0.1) is 11.3 Å². The highest BCUT2D eigenvalue weighted by Crippen LogP contribution is 2.43. The van der Waals surface area contributed by atoms with Gasteiger partial charge in [-0.25, -0.2) is 4.79 Å². The summed E-state index contributed by atoms with van der Waals surface area (Å²) in [6.45, 7) is 1.79. The predicted molar refractivity (Wildman–Crippen MR) is 152 cm³/mol. The van der Waals surface area contributed by atoms with Gasteiger partial charge in [-0.2, -0.15) is 18.4 Å². The third-order valence-corrected chi connectivity index (χ3v) is 7.30. The number of carbonyl (C=O) groups excluding carboxylic acids is 2. The summed E-state index contributed by atoms with van der Waals surface area (Å²) in [7, 11) is 0. The van der Waals surface area contributed by atoms with Gasteiger partial charge in [-0.05, 0) is 48.4 Å². The van der Waals surface area contributed by atoms with Gasteiger partial charge in [0, 0.05) is 10.7 Å². The number of hydrogen-bond donors (Lipinski definition) is 2. The molecule has 6 nitrogen and oxygen atoms in total. The van der Waals surface area contributed by atoms with Gasteiger partial charge in [0.1, 0.15) is 0 Å². The number of halogens is 4. The fourth-order valence-corrected chi connectivity index (χ4v) is 5.22. The first kappa shape index (κ1) is 29.8. The molecule has 1 aliphatic rings. The fraction of sp³-hybridized carbons (Fsp3) is 0.167. The van der Waals surface area contributed by atoms with E-state index in [9.17, 15) is 28.0 Å². The van der Waals surface area contributed by atoms with Gasteiger partial charge in [0.05, 0.1) is 51.8 Å². The maximum Gasteiger partial charge on any atom is 0.416 e. The van der Waals surface area contributed by atoms with E-state index in [-0.39, 0.29) is 29.2 Å². The van der Waals surface area contributed by atoms with Crippen molar-refractivity contribution in [2.45, 2.75) is 19.0 Å². The fourth-order valence-electron chi connectivity index (χ4n) is 4.26. The average molecular weight is 598 g/mol. The number of nitrogens with zero attached hydrogens (tertiary/aromatic N) is 1. The van der Waals surface area contributed by atoms with Crippen LogP contribution in [0.1, 0.15) is 29.5 Å². The predicted octanol–water partition coefficient (Wildman–Crippen LogP) is 7.13. The Kier molecular flexibility index (Phi) is 9.42. The van der Waals surface area contributed by atoms with Crippen LogP contribution in [-0.2, 0) is 20.5 Å². The van der Waals surface area contributed by atoms with Crippen LogP contribution in [0.5, 0.6) is 0 Å². The van der Waals surface area contributed by atoms with Crippen LogP contribution in [0.4, 0.5) is 18.9 Å². The van der Waals surface area contributed by atoms with Crippen LogP contribution >= 0.6 is 23.4 Å². The first-order chi connectivity index (χ1) is 19.6. The number of ether oxygens (including phenoxy) is 1. The number of amides is 1. The van der Waals surface area contributed by atoms with Crippen molar-refractivity contribution < 1.29 is 27.5 Å². The topological polar surface area (TPSA) is 91.2 Å². The number of carbonyl (C=O) groups is 2. The van der Waals surface area contributed by atoms with Gasteiger partial charge in [0.15, 0.2) is 0 Å². The standard InChI is InChI=1S/C30H23ClF3N3O3S/c1-2-40-29(39)26-25(18-11-13-21(31)14-12-18)23(16-35)28(37-27(26)19-7-4-3-5-8-19)41-17-24(38)36-22-10-6-9-20(15-22)30(32,33)34/h3-15,25,37H,2,17H2,1H3,(H,36,38). The van der Waals surface area contributed by atoms with Crippen LogP contribution < -0.4 is 10.6 Å². The second kappa shape index (κ2) is 13.0. The number of hydrogen-bond acceptors (Lipinski definition) is 6. The summed E-state index contributed by atoms with van der Waals surface area (Å²) in [5.41, 5.74) is 1.16. The molecule has 2 N–H and O–H groups in total. The van der Waals surface area contributed by atoms with Gasteiger partial charge in [-0.3, -0.25) is 4.79 Å². The third-order valence-electron chi connectivity index (χ3n) is 6.03. The van der Waals surface area contributed by atoms with E-state index < -0.39 is 29.5 Å². The molecule has 3 aromatic carbocycles. The van der Waals surface area contributed by atoms with E-state index >= 15 is 0 Å². The molecule has 0 bridgehead atoms. The van der Waals surface area contributed by atoms with Crippen LogP contribution in [0.3, 0.4) is 0 Å². The quantitative estimate of drug-likeness (QED) is 0.269. The molecule has 1 atom stereocenters. The molecule has 0 aliphatic carbocycles. The van der Waals surface area contributed by atoms with Crippen molar-refractivity contribution in [3.8, 4) is 6.07 Å². The lowest BCUT2D eigenvalue weighted by molar-refractivity contribution is -0.139. The molecular formula is C30H23ClF3N3O3S. The second-order valence-corrected chi connectivity index (χ2v) is 10.2. The normalized spacial score (nSPS) is 15.2. The van der Waals surface area contributed by atoms with Gasteiger partial charge in [-0.15, -0.1) is 0 Å². The maximum atomic E-state index is 13.3. The number of nitriles is 1. The highest BCUT2D eigenvalue weighted by Gasteiger charge is 2.37.